The van der Waals surface area contributed by atoms with E-state index < -0.39 is 80.0 Å². The number of hydrogen-bond donors (Lipinski definition) is 3. The van der Waals surface area contributed by atoms with E-state index in [4.69, 9.17) is 4.55 Å². The van der Waals surface area contributed by atoms with Crippen molar-refractivity contribution in [3.05, 3.63) is 0 Å². The highest BCUT2D eigenvalue weighted by molar-refractivity contribution is 8.14. The molecule has 0 aliphatic carbocycles. The number of imide groups is 1. The first-order valence-corrected chi connectivity index (χ1v) is 12.1. The SMILES string of the molecule is CC(=O)SCC(=O)NCC(C(=O)O)N(C(=O)CSC(C)=O)N1C(=O)CC(S(=O)(=O)O)C1=O. The zero-order valence-electron chi connectivity index (χ0n) is 16.7. The molecule has 17 heteroatoms. The third-order valence-electron chi connectivity index (χ3n) is 3.79. The summed E-state index contributed by atoms with van der Waals surface area (Å²) in [6.07, 6.45) is -1.05. The smallest absolute Gasteiger partial charge is 0.330 e. The maximum atomic E-state index is 12.7. The summed E-state index contributed by atoms with van der Waals surface area (Å²) in [5, 5.41) is 8.64. The second-order valence-electron chi connectivity index (χ2n) is 6.21. The zero-order chi connectivity index (χ0) is 24.8. The first-order valence-electron chi connectivity index (χ1n) is 8.58. The molecule has 14 nitrogen and oxygen atoms in total. The van der Waals surface area contributed by atoms with Crippen molar-refractivity contribution >= 4 is 73.5 Å². The van der Waals surface area contributed by atoms with Crippen LogP contribution < -0.4 is 5.32 Å². The first-order chi connectivity index (χ1) is 14.7. The van der Waals surface area contributed by atoms with Gasteiger partial charge >= 0.3 is 5.97 Å². The monoisotopic (exact) mass is 513 g/mol. The second-order valence-corrected chi connectivity index (χ2v) is 10.1. The lowest BCUT2D eigenvalue weighted by atomic mass is 10.2. The highest BCUT2D eigenvalue weighted by Crippen LogP contribution is 2.24. The second kappa shape index (κ2) is 11.4. The lowest BCUT2D eigenvalue weighted by Gasteiger charge is -2.34. The van der Waals surface area contributed by atoms with Gasteiger partial charge in [0.15, 0.2) is 21.5 Å². The molecule has 178 valence electrons. The van der Waals surface area contributed by atoms with Crippen molar-refractivity contribution in [1.29, 1.82) is 0 Å². The number of hydrazine groups is 1. The fourth-order valence-corrected chi connectivity index (χ4v) is 4.02. The number of rotatable bonds is 10. The van der Waals surface area contributed by atoms with Gasteiger partial charge < -0.3 is 10.4 Å². The Bertz CT molecular complexity index is 950. The van der Waals surface area contributed by atoms with Crippen molar-refractivity contribution < 1.29 is 51.6 Å². The molecular weight excluding hydrogens is 494 g/mol. The number of carbonyl (C=O) groups is 7. The quantitative estimate of drug-likeness (QED) is 0.211. The maximum absolute atomic E-state index is 12.7. The van der Waals surface area contributed by atoms with Crippen LogP contribution in [0.4, 0.5) is 0 Å². The Balaban J connectivity index is 3.26. The summed E-state index contributed by atoms with van der Waals surface area (Å²) in [6, 6.07) is -2.06. The third-order valence-corrected chi connectivity index (χ3v) is 6.49. The van der Waals surface area contributed by atoms with Gasteiger partial charge in [-0.3, -0.25) is 33.3 Å². The topological polar surface area (TPSA) is 213 Å². The van der Waals surface area contributed by atoms with E-state index in [1.54, 1.807) is 0 Å². The van der Waals surface area contributed by atoms with Gasteiger partial charge in [0.2, 0.25) is 11.8 Å². The summed E-state index contributed by atoms with van der Waals surface area (Å²) in [6.45, 7) is 1.47. The van der Waals surface area contributed by atoms with Gasteiger partial charge in [0.1, 0.15) is 0 Å². The zero-order valence-corrected chi connectivity index (χ0v) is 19.1. The van der Waals surface area contributed by atoms with Crippen LogP contribution in [0.5, 0.6) is 0 Å². The normalized spacial score (nSPS) is 17.1. The molecule has 0 aromatic rings. The van der Waals surface area contributed by atoms with Gasteiger partial charge in [-0.1, -0.05) is 23.5 Å². The van der Waals surface area contributed by atoms with Crippen LogP contribution >= 0.6 is 23.5 Å². The molecule has 1 heterocycles. The van der Waals surface area contributed by atoms with Crippen LogP contribution in [0.15, 0.2) is 0 Å². The fourth-order valence-electron chi connectivity index (χ4n) is 2.41. The number of carboxylic acid groups (broad SMARTS) is 1. The molecule has 1 saturated heterocycles. The van der Waals surface area contributed by atoms with Crippen LogP contribution in [0.2, 0.25) is 0 Å². The Hall–Kier alpha value is -2.50. The Morgan fingerprint density at radius 2 is 1.66 bits per heavy atom. The van der Waals surface area contributed by atoms with E-state index in [1.807, 2.05) is 0 Å². The Morgan fingerprint density at radius 3 is 2.09 bits per heavy atom. The fraction of sp³-hybridized carbons (Fsp3) is 0.533. The predicted molar refractivity (Wildman–Crippen MR) is 109 cm³/mol. The molecule has 0 aromatic heterocycles. The summed E-state index contributed by atoms with van der Waals surface area (Å²) in [5.74, 6) is -7.73. The van der Waals surface area contributed by atoms with Crippen LogP contribution in [0.1, 0.15) is 20.3 Å². The molecule has 2 unspecified atom stereocenters. The average Bonchev–Trinajstić information content (AvgIpc) is 2.95. The minimum atomic E-state index is -5.05. The summed E-state index contributed by atoms with van der Waals surface area (Å²) >= 11 is 1.05. The number of nitrogens with one attached hydrogen (secondary N) is 1. The number of thioether (sulfide) groups is 2. The van der Waals surface area contributed by atoms with Gasteiger partial charge in [0.25, 0.3) is 21.9 Å². The van der Waals surface area contributed by atoms with Crippen LogP contribution in [-0.2, 0) is 43.7 Å². The number of nitrogens with zero attached hydrogens (tertiary/aromatic N) is 2. The van der Waals surface area contributed by atoms with E-state index in [2.05, 4.69) is 5.32 Å². The highest BCUT2D eigenvalue weighted by Gasteiger charge is 2.52. The molecule has 32 heavy (non-hydrogen) atoms. The number of hydrogen-bond acceptors (Lipinski definition) is 11. The van der Waals surface area contributed by atoms with Crippen molar-refractivity contribution in [2.45, 2.75) is 31.6 Å². The molecule has 3 N–H and O–H groups in total. The minimum Gasteiger partial charge on any atom is -0.480 e. The summed E-state index contributed by atoms with van der Waals surface area (Å²) in [4.78, 5) is 83.2. The molecule has 0 bridgehead atoms. The molecule has 0 saturated carbocycles. The molecule has 1 aliphatic rings. The van der Waals surface area contributed by atoms with Crippen molar-refractivity contribution in [1.82, 2.24) is 15.3 Å². The lowest BCUT2D eigenvalue weighted by molar-refractivity contribution is -0.176. The molecule has 2 atom stereocenters. The van der Waals surface area contributed by atoms with Gasteiger partial charge in [-0.25, -0.2) is 9.80 Å². The van der Waals surface area contributed by atoms with Gasteiger partial charge in [-0.15, -0.1) is 0 Å². The van der Waals surface area contributed by atoms with Crippen LogP contribution in [0, 0.1) is 0 Å². The standard InChI is InChI=1S/C15H19N3O11S3/c1-7(19)30-5-11(21)16-4-9(15(25)26)17(13(23)6-31-8(2)20)18-12(22)3-10(14(18)24)32(27,28)29/h9-10H,3-6H2,1-2H3,(H,16,21)(H,25,26)(H,27,28,29). The maximum Gasteiger partial charge on any atom is 0.330 e. The average molecular weight is 514 g/mol. The highest BCUT2D eigenvalue weighted by atomic mass is 32.2. The summed E-state index contributed by atoms with van der Waals surface area (Å²) < 4.78 is 31.9. The van der Waals surface area contributed by atoms with Crippen molar-refractivity contribution in [3.8, 4) is 0 Å². The number of carboxylic acids is 1. The lowest BCUT2D eigenvalue weighted by Crippen LogP contribution is -2.61. The van der Waals surface area contributed by atoms with E-state index in [0.717, 1.165) is 6.92 Å². The minimum absolute atomic E-state index is 0.0171. The number of carbonyl (C=O) groups excluding carboxylic acids is 6. The first kappa shape index (κ1) is 27.5. The van der Waals surface area contributed by atoms with Crippen molar-refractivity contribution in [3.63, 3.8) is 0 Å². The predicted octanol–water partition coefficient (Wildman–Crippen LogP) is -2.13. The molecular formula is C15H19N3O11S3. The third kappa shape index (κ3) is 7.57. The Morgan fingerprint density at radius 1 is 1.12 bits per heavy atom. The summed E-state index contributed by atoms with van der Waals surface area (Å²) in [5.41, 5.74) is 0. The van der Waals surface area contributed by atoms with Crippen molar-refractivity contribution in [2.75, 3.05) is 18.1 Å². The molecule has 4 amide bonds. The number of aliphatic carboxylic acids is 1. The van der Waals surface area contributed by atoms with E-state index in [9.17, 15) is 47.1 Å². The Labute approximate surface area is 190 Å². The molecule has 1 rings (SSSR count). The van der Waals surface area contributed by atoms with Gasteiger partial charge in [0.05, 0.1) is 24.5 Å². The molecule has 0 radical (unpaired) electrons. The van der Waals surface area contributed by atoms with Gasteiger partial charge in [0, 0.05) is 13.8 Å². The number of amides is 4. The van der Waals surface area contributed by atoms with Crippen LogP contribution in [-0.4, -0.2) is 97.3 Å². The van der Waals surface area contributed by atoms with Gasteiger partial charge in [-0.2, -0.15) is 13.4 Å². The molecule has 1 fully saturated rings. The van der Waals surface area contributed by atoms with Crippen LogP contribution in [0.3, 0.4) is 0 Å². The van der Waals surface area contributed by atoms with Crippen LogP contribution in [0.25, 0.3) is 0 Å². The van der Waals surface area contributed by atoms with Gasteiger partial charge in [-0.05, 0) is 0 Å². The van der Waals surface area contributed by atoms with E-state index >= 15 is 0 Å². The molecule has 1 aliphatic heterocycles. The van der Waals surface area contributed by atoms with Crippen molar-refractivity contribution in [2.24, 2.45) is 0 Å². The van der Waals surface area contributed by atoms with E-state index in [-0.39, 0.29) is 15.8 Å². The molecule has 0 aromatic carbocycles. The largest absolute Gasteiger partial charge is 0.480 e. The molecule has 0 spiro atoms. The van der Waals surface area contributed by atoms with E-state index in [0.29, 0.717) is 23.5 Å². The summed E-state index contributed by atoms with van der Waals surface area (Å²) in [7, 11) is -5.05. The van der Waals surface area contributed by atoms with E-state index in [1.165, 1.54) is 6.92 Å². The Kier molecular flexibility index (Phi) is 9.80.